The number of morpholine rings is 1. The summed E-state index contributed by atoms with van der Waals surface area (Å²) in [5.74, 6) is 0.650. The molecule has 1 aliphatic rings. The van der Waals surface area contributed by atoms with E-state index in [1.54, 1.807) is 4.90 Å². The number of imidazole rings is 1. The molecule has 8 heteroatoms. The summed E-state index contributed by atoms with van der Waals surface area (Å²) in [4.78, 5) is 29.8. The first-order valence-electron chi connectivity index (χ1n) is 7.60. The molecular formula is C15H21N5O3. The van der Waals surface area contributed by atoms with Crippen molar-refractivity contribution in [2.45, 2.75) is 39.4 Å². The number of rotatable bonds is 1. The first kappa shape index (κ1) is 15.7. The molecule has 23 heavy (non-hydrogen) atoms. The van der Waals surface area contributed by atoms with Gasteiger partial charge in [0.15, 0.2) is 5.65 Å². The van der Waals surface area contributed by atoms with Crippen LogP contribution in [0.15, 0.2) is 6.33 Å². The predicted molar refractivity (Wildman–Crippen MR) is 82.9 cm³/mol. The summed E-state index contributed by atoms with van der Waals surface area (Å²) in [7, 11) is 0. The highest BCUT2D eigenvalue weighted by atomic mass is 16.6. The number of nitrogens with one attached hydrogen (secondary N) is 1. The van der Waals surface area contributed by atoms with Crippen LogP contribution in [0.4, 0.5) is 4.79 Å². The molecule has 0 aromatic carbocycles. The number of ether oxygens (including phenoxy) is 2. The third-order valence-electron chi connectivity index (χ3n) is 3.51. The summed E-state index contributed by atoms with van der Waals surface area (Å²) in [6.07, 6.45) is 0.830. The highest BCUT2D eigenvalue weighted by Crippen LogP contribution is 2.23. The Morgan fingerprint density at radius 3 is 2.91 bits per heavy atom. The van der Waals surface area contributed by atoms with Crippen molar-refractivity contribution in [3.63, 3.8) is 0 Å². The van der Waals surface area contributed by atoms with Crippen molar-refractivity contribution in [3.05, 3.63) is 17.8 Å². The lowest BCUT2D eigenvalue weighted by atomic mass is 10.2. The number of hydrogen-bond acceptors (Lipinski definition) is 6. The fourth-order valence-electron chi connectivity index (χ4n) is 2.42. The van der Waals surface area contributed by atoms with Gasteiger partial charge in [-0.3, -0.25) is 0 Å². The van der Waals surface area contributed by atoms with Crippen LogP contribution in [0.25, 0.3) is 11.2 Å². The monoisotopic (exact) mass is 319 g/mol. The van der Waals surface area contributed by atoms with E-state index in [2.05, 4.69) is 19.9 Å². The summed E-state index contributed by atoms with van der Waals surface area (Å²) >= 11 is 0. The normalized spacial score (nSPS) is 19.1. The summed E-state index contributed by atoms with van der Waals surface area (Å²) in [5.41, 5.74) is 1.68. The van der Waals surface area contributed by atoms with Gasteiger partial charge >= 0.3 is 6.09 Å². The Balaban J connectivity index is 1.77. The maximum absolute atomic E-state index is 12.2. The van der Waals surface area contributed by atoms with Gasteiger partial charge in [0.2, 0.25) is 0 Å². The van der Waals surface area contributed by atoms with Gasteiger partial charge in [-0.25, -0.2) is 19.7 Å². The molecule has 0 aliphatic carbocycles. The Morgan fingerprint density at radius 1 is 1.43 bits per heavy atom. The van der Waals surface area contributed by atoms with Crippen LogP contribution in [0.2, 0.25) is 0 Å². The van der Waals surface area contributed by atoms with Crippen molar-refractivity contribution in [2.75, 3.05) is 19.7 Å². The molecule has 1 atom stereocenters. The lowest BCUT2D eigenvalue weighted by Crippen LogP contribution is -2.44. The van der Waals surface area contributed by atoms with Crippen molar-refractivity contribution in [2.24, 2.45) is 0 Å². The number of H-pyrrole nitrogens is 1. The molecule has 1 fully saturated rings. The number of aromatic nitrogens is 4. The fraction of sp³-hybridized carbons (Fsp3) is 0.600. The van der Waals surface area contributed by atoms with Crippen molar-refractivity contribution in [1.29, 1.82) is 0 Å². The molecular weight excluding hydrogens is 298 g/mol. The molecule has 8 nitrogen and oxygen atoms in total. The number of carbonyl (C=O) groups is 1. The van der Waals surface area contributed by atoms with Gasteiger partial charge in [-0.1, -0.05) is 0 Å². The zero-order valence-corrected chi connectivity index (χ0v) is 13.8. The fourth-order valence-corrected chi connectivity index (χ4v) is 2.42. The topological polar surface area (TPSA) is 93.2 Å². The molecule has 1 saturated heterocycles. The molecule has 0 unspecified atom stereocenters. The van der Waals surface area contributed by atoms with E-state index in [0.717, 1.165) is 11.2 Å². The molecule has 1 amide bonds. The number of carbonyl (C=O) groups excluding carboxylic acids is 1. The summed E-state index contributed by atoms with van der Waals surface area (Å²) < 4.78 is 11.2. The molecule has 3 rings (SSSR count). The van der Waals surface area contributed by atoms with E-state index in [1.165, 1.54) is 6.33 Å². The van der Waals surface area contributed by atoms with E-state index >= 15 is 0 Å². The summed E-state index contributed by atoms with van der Waals surface area (Å²) in [6, 6.07) is 0. The molecule has 0 saturated carbocycles. The van der Waals surface area contributed by atoms with Crippen LogP contribution in [-0.2, 0) is 9.47 Å². The van der Waals surface area contributed by atoms with Crippen molar-refractivity contribution in [3.8, 4) is 0 Å². The Labute approximate surface area is 134 Å². The van der Waals surface area contributed by atoms with Crippen molar-refractivity contribution >= 4 is 17.3 Å². The van der Waals surface area contributed by atoms with Gasteiger partial charge in [-0.05, 0) is 27.7 Å². The second kappa shape index (κ2) is 5.77. The highest BCUT2D eigenvalue weighted by Gasteiger charge is 2.30. The van der Waals surface area contributed by atoms with Crippen LogP contribution in [0.1, 0.15) is 38.4 Å². The molecule has 3 heterocycles. The van der Waals surface area contributed by atoms with Gasteiger partial charge in [-0.15, -0.1) is 0 Å². The van der Waals surface area contributed by atoms with Crippen LogP contribution in [0.5, 0.6) is 0 Å². The number of fused-ring (bicyclic) bond motifs is 1. The molecule has 2 aromatic heterocycles. The molecule has 1 aliphatic heterocycles. The number of hydrogen-bond donors (Lipinski definition) is 1. The van der Waals surface area contributed by atoms with Gasteiger partial charge in [-0.2, -0.15) is 0 Å². The standard InChI is InChI=1S/C15H21N5O3/c1-9-11-13(17-8-16-9)19-12(18-11)10-7-20(5-6-22-10)14(21)23-15(2,3)4/h8,10H,5-7H2,1-4H3,(H,16,17,18,19)/t10-/m0/s1. The maximum atomic E-state index is 12.2. The molecule has 0 spiro atoms. The average Bonchev–Trinajstić information content (AvgIpc) is 2.91. The van der Waals surface area contributed by atoms with E-state index in [9.17, 15) is 4.79 Å². The van der Waals surface area contributed by atoms with Crippen LogP contribution in [-0.4, -0.2) is 56.2 Å². The second-order valence-corrected chi connectivity index (χ2v) is 6.56. The van der Waals surface area contributed by atoms with Gasteiger partial charge in [0.25, 0.3) is 0 Å². The minimum atomic E-state index is -0.517. The van der Waals surface area contributed by atoms with Crippen LogP contribution < -0.4 is 0 Å². The smallest absolute Gasteiger partial charge is 0.410 e. The number of aryl methyl sites for hydroxylation is 1. The quantitative estimate of drug-likeness (QED) is 0.864. The number of amides is 1. The van der Waals surface area contributed by atoms with Crippen molar-refractivity contribution in [1.82, 2.24) is 24.8 Å². The Morgan fingerprint density at radius 2 is 2.22 bits per heavy atom. The summed E-state index contributed by atoms with van der Waals surface area (Å²) in [6.45, 7) is 8.76. The Bertz CT molecular complexity index is 721. The highest BCUT2D eigenvalue weighted by molar-refractivity contribution is 5.72. The molecule has 124 valence electrons. The predicted octanol–water partition coefficient (Wildman–Crippen LogP) is 1.97. The van der Waals surface area contributed by atoms with Crippen molar-refractivity contribution < 1.29 is 14.3 Å². The minimum absolute atomic E-state index is 0.329. The van der Waals surface area contributed by atoms with Crippen LogP contribution in [0, 0.1) is 6.92 Å². The second-order valence-electron chi connectivity index (χ2n) is 6.56. The van der Waals surface area contributed by atoms with Gasteiger partial charge in [0, 0.05) is 6.54 Å². The lowest BCUT2D eigenvalue weighted by Gasteiger charge is -2.33. The lowest BCUT2D eigenvalue weighted by molar-refractivity contribution is -0.0459. The van der Waals surface area contributed by atoms with E-state index in [-0.39, 0.29) is 12.2 Å². The van der Waals surface area contributed by atoms with Gasteiger partial charge < -0.3 is 19.4 Å². The third-order valence-corrected chi connectivity index (χ3v) is 3.51. The Hall–Kier alpha value is -2.22. The van der Waals surface area contributed by atoms with E-state index in [4.69, 9.17) is 9.47 Å². The molecule has 0 bridgehead atoms. The maximum Gasteiger partial charge on any atom is 0.410 e. The van der Waals surface area contributed by atoms with Crippen LogP contribution >= 0.6 is 0 Å². The van der Waals surface area contributed by atoms with Gasteiger partial charge in [0.05, 0.1) is 18.8 Å². The van der Waals surface area contributed by atoms with Crippen LogP contribution in [0.3, 0.4) is 0 Å². The number of nitrogens with zero attached hydrogens (tertiary/aromatic N) is 4. The zero-order chi connectivity index (χ0) is 16.6. The molecule has 2 aromatic rings. The molecule has 0 radical (unpaired) electrons. The van der Waals surface area contributed by atoms with E-state index < -0.39 is 5.60 Å². The Kier molecular flexibility index (Phi) is 3.93. The van der Waals surface area contributed by atoms with Gasteiger partial charge in [0.1, 0.15) is 29.4 Å². The largest absolute Gasteiger partial charge is 0.444 e. The molecule has 1 N–H and O–H groups in total. The average molecular weight is 319 g/mol. The first-order chi connectivity index (χ1) is 10.8. The van der Waals surface area contributed by atoms with E-state index in [0.29, 0.717) is 31.2 Å². The third kappa shape index (κ3) is 3.42. The zero-order valence-electron chi connectivity index (χ0n) is 13.8. The summed E-state index contributed by atoms with van der Waals surface area (Å²) in [5, 5.41) is 0. The minimum Gasteiger partial charge on any atom is -0.444 e. The first-order valence-corrected chi connectivity index (χ1v) is 7.60. The SMILES string of the molecule is Cc1ncnc2[nH]c([C@@H]3CN(C(=O)OC(C)(C)C)CCO3)nc12. The number of aromatic amines is 1. The van der Waals surface area contributed by atoms with E-state index in [1.807, 2.05) is 27.7 Å².